The highest BCUT2D eigenvalue weighted by Crippen LogP contribution is 2.27. The summed E-state index contributed by atoms with van der Waals surface area (Å²) in [4.78, 5) is 18.0. The van der Waals surface area contributed by atoms with E-state index in [2.05, 4.69) is 21.2 Å². The lowest BCUT2D eigenvalue weighted by Crippen LogP contribution is -2.15. The first-order valence-corrected chi connectivity index (χ1v) is 9.85. The van der Waals surface area contributed by atoms with E-state index in [-0.39, 0.29) is 5.91 Å². The quantitative estimate of drug-likeness (QED) is 0.434. The number of pyridine rings is 1. The molecule has 0 radical (unpaired) electrons. The second-order valence-electron chi connectivity index (χ2n) is 7.03. The van der Waals surface area contributed by atoms with Crippen LogP contribution in [0.15, 0.2) is 65.3 Å². The first kappa shape index (κ1) is 18.4. The van der Waals surface area contributed by atoms with Gasteiger partial charge in [0.1, 0.15) is 17.0 Å². The maximum Gasteiger partial charge on any atom is 0.274 e. The van der Waals surface area contributed by atoms with Gasteiger partial charge in [0.25, 0.3) is 5.91 Å². The monoisotopic (exact) mass is 433 g/mol. The lowest BCUT2D eigenvalue weighted by molar-refractivity contribution is 0.102. The van der Waals surface area contributed by atoms with E-state index in [9.17, 15) is 4.79 Å². The van der Waals surface area contributed by atoms with Crippen molar-refractivity contribution in [1.29, 1.82) is 0 Å². The van der Waals surface area contributed by atoms with Crippen molar-refractivity contribution < 1.29 is 4.79 Å². The number of carbonyl (C=O) groups excluding carboxylic acids is 1. The summed E-state index contributed by atoms with van der Waals surface area (Å²) in [5, 5.41) is 3.02. The molecule has 4 aromatic rings. The second kappa shape index (κ2) is 7.24. The summed E-state index contributed by atoms with van der Waals surface area (Å²) in [6, 6.07) is 17.8. The van der Waals surface area contributed by atoms with Crippen LogP contribution >= 0.6 is 15.9 Å². The van der Waals surface area contributed by atoms with E-state index in [1.807, 2.05) is 86.0 Å². The Morgan fingerprint density at radius 1 is 0.964 bits per heavy atom. The molecule has 28 heavy (non-hydrogen) atoms. The summed E-state index contributed by atoms with van der Waals surface area (Å²) < 4.78 is 2.88. The van der Waals surface area contributed by atoms with Crippen LogP contribution in [0.3, 0.4) is 0 Å². The van der Waals surface area contributed by atoms with Gasteiger partial charge >= 0.3 is 0 Å². The maximum absolute atomic E-state index is 13.3. The molecule has 2 aromatic heterocycles. The predicted octanol–water partition coefficient (Wildman–Crippen LogP) is 5.94. The first-order valence-electron chi connectivity index (χ1n) is 9.05. The molecule has 0 bridgehead atoms. The van der Waals surface area contributed by atoms with Gasteiger partial charge < -0.3 is 5.32 Å². The number of amides is 1. The van der Waals surface area contributed by atoms with E-state index in [1.165, 1.54) is 5.56 Å². The fourth-order valence-electron chi connectivity index (χ4n) is 3.19. The zero-order chi connectivity index (χ0) is 19.8. The minimum atomic E-state index is -0.185. The van der Waals surface area contributed by atoms with Crippen molar-refractivity contribution in [1.82, 2.24) is 9.38 Å². The molecule has 0 aliphatic heterocycles. The van der Waals surface area contributed by atoms with Crippen molar-refractivity contribution in [3.8, 4) is 11.3 Å². The van der Waals surface area contributed by atoms with Gasteiger partial charge in [-0.3, -0.25) is 9.20 Å². The standard InChI is InChI=1S/C23H20BrN3O/c1-14-4-7-17(8-5-14)21-22(27-13-15(2)6-11-20(27)26-21)23(28)25-18-9-10-19(24)16(3)12-18/h4-13H,1-3H3,(H,25,28). The molecule has 2 aromatic carbocycles. The molecular weight excluding hydrogens is 414 g/mol. The van der Waals surface area contributed by atoms with Crippen LogP contribution in [0.4, 0.5) is 5.69 Å². The number of carbonyl (C=O) groups is 1. The average molecular weight is 434 g/mol. The number of aryl methyl sites for hydroxylation is 3. The summed E-state index contributed by atoms with van der Waals surface area (Å²) in [6.45, 7) is 6.04. The van der Waals surface area contributed by atoms with Gasteiger partial charge in [-0.1, -0.05) is 51.8 Å². The molecule has 140 valence electrons. The van der Waals surface area contributed by atoms with Crippen molar-refractivity contribution in [2.75, 3.05) is 5.32 Å². The Bertz CT molecular complexity index is 1190. The number of aromatic nitrogens is 2. The fraction of sp³-hybridized carbons (Fsp3) is 0.130. The molecule has 0 unspecified atom stereocenters. The molecule has 1 N–H and O–H groups in total. The number of hydrogen-bond acceptors (Lipinski definition) is 2. The van der Waals surface area contributed by atoms with E-state index in [4.69, 9.17) is 4.98 Å². The van der Waals surface area contributed by atoms with Gasteiger partial charge in [-0.2, -0.15) is 0 Å². The molecule has 4 nitrogen and oxygen atoms in total. The maximum atomic E-state index is 13.3. The summed E-state index contributed by atoms with van der Waals surface area (Å²) in [5.41, 5.74) is 6.92. The van der Waals surface area contributed by atoms with Gasteiger partial charge in [0.05, 0.1) is 0 Å². The molecule has 5 heteroatoms. The van der Waals surface area contributed by atoms with Crippen molar-refractivity contribution in [2.45, 2.75) is 20.8 Å². The van der Waals surface area contributed by atoms with E-state index in [1.54, 1.807) is 0 Å². The van der Waals surface area contributed by atoms with Crippen LogP contribution in [0, 0.1) is 20.8 Å². The van der Waals surface area contributed by atoms with Gasteiger partial charge in [0.2, 0.25) is 0 Å². The van der Waals surface area contributed by atoms with Crippen LogP contribution < -0.4 is 5.32 Å². The molecule has 0 saturated heterocycles. The molecular formula is C23H20BrN3O. The Morgan fingerprint density at radius 2 is 1.68 bits per heavy atom. The number of fused-ring (bicyclic) bond motifs is 1. The third-order valence-electron chi connectivity index (χ3n) is 4.72. The first-order chi connectivity index (χ1) is 13.4. The third kappa shape index (κ3) is 3.45. The van der Waals surface area contributed by atoms with Crippen molar-refractivity contribution in [3.63, 3.8) is 0 Å². The number of nitrogens with one attached hydrogen (secondary N) is 1. The molecule has 0 fully saturated rings. The topological polar surface area (TPSA) is 46.4 Å². The van der Waals surface area contributed by atoms with Crippen molar-refractivity contribution in [2.24, 2.45) is 0 Å². The minimum absolute atomic E-state index is 0.185. The van der Waals surface area contributed by atoms with Gasteiger partial charge in [-0.05, 0) is 56.2 Å². The minimum Gasteiger partial charge on any atom is -0.321 e. The Kier molecular flexibility index (Phi) is 4.77. The number of anilines is 1. The largest absolute Gasteiger partial charge is 0.321 e. The van der Waals surface area contributed by atoms with Gasteiger partial charge in [0.15, 0.2) is 0 Å². The zero-order valence-electron chi connectivity index (χ0n) is 16.0. The van der Waals surface area contributed by atoms with Crippen LogP contribution in [0.2, 0.25) is 0 Å². The van der Waals surface area contributed by atoms with Crippen LogP contribution in [0.5, 0.6) is 0 Å². The van der Waals surface area contributed by atoms with Crippen LogP contribution in [0.1, 0.15) is 27.2 Å². The number of nitrogens with zero attached hydrogens (tertiary/aromatic N) is 2. The summed E-state index contributed by atoms with van der Waals surface area (Å²) in [6.07, 6.45) is 1.95. The summed E-state index contributed by atoms with van der Waals surface area (Å²) >= 11 is 3.50. The Labute approximate surface area is 172 Å². The van der Waals surface area contributed by atoms with E-state index in [0.29, 0.717) is 11.4 Å². The number of halogens is 1. The number of rotatable bonds is 3. The Balaban J connectivity index is 1.84. The lowest BCUT2D eigenvalue weighted by atomic mass is 10.1. The SMILES string of the molecule is Cc1ccc(-c2nc3ccc(C)cn3c2C(=O)Nc2ccc(Br)c(C)c2)cc1. The number of imidazole rings is 1. The molecule has 0 atom stereocenters. The molecule has 2 heterocycles. The number of hydrogen-bond donors (Lipinski definition) is 1. The van der Waals surface area contributed by atoms with Crippen LogP contribution in [-0.2, 0) is 0 Å². The normalized spacial score (nSPS) is 11.0. The summed E-state index contributed by atoms with van der Waals surface area (Å²) in [5.74, 6) is -0.185. The molecule has 0 spiro atoms. The lowest BCUT2D eigenvalue weighted by Gasteiger charge is -2.09. The Hall–Kier alpha value is -2.92. The number of benzene rings is 2. The van der Waals surface area contributed by atoms with Gasteiger partial charge in [-0.15, -0.1) is 0 Å². The fourth-order valence-corrected chi connectivity index (χ4v) is 3.44. The van der Waals surface area contributed by atoms with E-state index < -0.39 is 0 Å². The highest BCUT2D eigenvalue weighted by atomic mass is 79.9. The highest BCUT2D eigenvalue weighted by molar-refractivity contribution is 9.10. The Morgan fingerprint density at radius 3 is 2.39 bits per heavy atom. The highest BCUT2D eigenvalue weighted by Gasteiger charge is 2.21. The van der Waals surface area contributed by atoms with E-state index in [0.717, 1.165) is 32.5 Å². The zero-order valence-corrected chi connectivity index (χ0v) is 17.5. The van der Waals surface area contributed by atoms with E-state index >= 15 is 0 Å². The predicted molar refractivity (Wildman–Crippen MR) is 117 cm³/mol. The molecule has 0 aliphatic rings. The van der Waals surface area contributed by atoms with Crippen LogP contribution in [0.25, 0.3) is 16.9 Å². The average Bonchev–Trinajstić information content (AvgIpc) is 3.04. The van der Waals surface area contributed by atoms with Crippen molar-refractivity contribution >= 4 is 33.2 Å². The van der Waals surface area contributed by atoms with Crippen LogP contribution in [-0.4, -0.2) is 15.3 Å². The molecule has 4 rings (SSSR count). The molecule has 1 amide bonds. The van der Waals surface area contributed by atoms with Gasteiger partial charge in [-0.25, -0.2) is 4.98 Å². The second-order valence-corrected chi connectivity index (χ2v) is 7.88. The third-order valence-corrected chi connectivity index (χ3v) is 5.61. The van der Waals surface area contributed by atoms with Gasteiger partial charge in [0, 0.05) is 21.9 Å². The summed E-state index contributed by atoms with van der Waals surface area (Å²) in [7, 11) is 0. The molecule has 0 saturated carbocycles. The smallest absolute Gasteiger partial charge is 0.274 e. The molecule has 0 aliphatic carbocycles. The van der Waals surface area contributed by atoms with Crippen molar-refractivity contribution in [3.05, 3.63) is 87.7 Å².